The van der Waals surface area contributed by atoms with Gasteiger partial charge in [0.15, 0.2) is 0 Å². The van der Waals surface area contributed by atoms with Crippen LogP contribution >= 0.6 is 0 Å². The highest BCUT2D eigenvalue weighted by Crippen LogP contribution is 2.22. The summed E-state index contributed by atoms with van der Waals surface area (Å²) < 4.78 is 5.47. The minimum absolute atomic E-state index is 0.0445. The van der Waals surface area contributed by atoms with E-state index in [1.165, 1.54) is 18.2 Å². The number of carboxylic acid groups (broad SMARTS) is 1. The van der Waals surface area contributed by atoms with Crippen molar-refractivity contribution in [1.29, 1.82) is 0 Å². The summed E-state index contributed by atoms with van der Waals surface area (Å²) in [6, 6.07) is 8.18. The molecule has 11 nitrogen and oxygen atoms in total. The van der Waals surface area contributed by atoms with Crippen LogP contribution in [0, 0.1) is 10.1 Å². The summed E-state index contributed by atoms with van der Waals surface area (Å²) in [5, 5.41) is 21.7. The van der Waals surface area contributed by atoms with Crippen LogP contribution in [0.1, 0.15) is 5.56 Å². The third kappa shape index (κ3) is 4.09. The molecule has 2 N–H and O–H groups in total. The number of rotatable bonds is 6. The molecule has 11 heteroatoms. The predicted molar refractivity (Wildman–Crippen MR) is 93.3 cm³/mol. The lowest BCUT2D eigenvalue weighted by atomic mass is 10.2. The molecule has 3 amide bonds. The molecule has 0 saturated carbocycles. The Hall–Kier alpha value is -4.28. The molecule has 1 aromatic carbocycles. The summed E-state index contributed by atoms with van der Waals surface area (Å²) in [5.74, 6) is -1.47. The van der Waals surface area contributed by atoms with E-state index in [1.54, 1.807) is 24.3 Å². The second-order valence-electron chi connectivity index (χ2n) is 5.56. The maximum atomic E-state index is 12.1. The monoisotopic (exact) mass is 384 g/mol. The second-order valence-corrected chi connectivity index (χ2v) is 5.56. The van der Waals surface area contributed by atoms with E-state index in [0.29, 0.717) is 16.2 Å². The average Bonchev–Trinajstić information content (AvgIpc) is 2.91. The number of ether oxygens (including phenoxy) is 1. The molecule has 0 unspecified atom stereocenters. The van der Waals surface area contributed by atoms with Gasteiger partial charge in [0, 0.05) is 12.1 Å². The standard InChI is InChI=1S/C17H12N4O7/c22-15(23)9-20-16(24)13(19-17(20)25)7-10-1-4-12(5-2-10)28-14-6-3-11(8-18-14)21(26)27/h1-8H,9H2,(H,19,25)(H,22,23)/b13-7+. The zero-order valence-electron chi connectivity index (χ0n) is 14.1. The van der Waals surface area contributed by atoms with E-state index >= 15 is 0 Å². The molecule has 3 rings (SSSR count). The Kier molecular flexibility index (Phi) is 4.98. The largest absolute Gasteiger partial charge is 0.480 e. The van der Waals surface area contributed by atoms with Gasteiger partial charge in [-0.25, -0.2) is 14.7 Å². The van der Waals surface area contributed by atoms with Crippen LogP contribution in [0.3, 0.4) is 0 Å². The molecule has 0 radical (unpaired) electrons. The van der Waals surface area contributed by atoms with Crippen molar-refractivity contribution >= 4 is 29.7 Å². The normalized spacial score (nSPS) is 14.9. The van der Waals surface area contributed by atoms with Crippen LogP contribution in [0.2, 0.25) is 0 Å². The molecule has 0 bridgehead atoms. The number of amides is 3. The van der Waals surface area contributed by atoms with Crippen molar-refractivity contribution in [2.75, 3.05) is 6.54 Å². The number of carboxylic acids is 1. The van der Waals surface area contributed by atoms with Crippen LogP contribution in [-0.2, 0) is 9.59 Å². The minimum Gasteiger partial charge on any atom is -0.480 e. The number of carbonyl (C=O) groups is 3. The molecule has 2 aromatic rings. The lowest BCUT2D eigenvalue weighted by Crippen LogP contribution is -2.35. The highest BCUT2D eigenvalue weighted by Gasteiger charge is 2.34. The van der Waals surface area contributed by atoms with Crippen molar-refractivity contribution in [3.05, 3.63) is 64.0 Å². The Labute approximate surface area is 157 Å². The number of hydrogen-bond acceptors (Lipinski definition) is 7. The van der Waals surface area contributed by atoms with Crippen LogP contribution in [0.15, 0.2) is 48.3 Å². The molecule has 1 aliphatic rings. The third-order valence-corrected chi connectivity index (χ3v) is 3.60. The topological polar surface area (TPSA) is 152 Å². The minimum atomic E-state index is -1.30. The van der Waals surface area contributed by atoms with E-state index < -0.39 is 29.4 Å². The fraction of sp³-hybridized carbons (Fsp3) is 0.0588. The van der Waals surface area contributed by atoms with Crippen molar-refractivity contribution in [2.45, 2.75) is 0 Å². The number of nitrogens with one attached hydrogen (secondary N) is 1. The number of nitrogens with zero attached hydrogens (tertiary/aromatic N) is 3. The average molecular weight is 384 g/mol. The summed E-state index contributed by atoms with van der Waals surface area (Å²) in [6.07, 6.45) is 2.47. The number of carbonyl (C=O) groups excluding carboxylic acids is 2. The smallest absolute Gasteiger partial charge is 0.329 e. The van der Waals surface area contributed by atoms with Crippen LogP contribution in [0.4, 0.5) is 10.5 Å². The number of urea groups is 1. The summed E-state index contributed by atoms with van der Waals surface area (Å²) in [6.45, 7) is -0.725. The lowest BCUT2D eigenvalue weighted by molar-refractivity contribution is -0.385. The first kappa shape index (κ1) is 18.5. The summed E-state index contributed by atoms with van der Waals surface area (Å²) >= 11 is 0. The number of aliphatic carboxylic acids is 1. The maximum absolute atomic E-state index is 12.1. The number of imide groups is 1. The first-order valence-corrected chi connectivity index (χ1v) is 7.78. The first-order valence-electron chi connectivity index (χ1n) is 7.78. The van der Waals surface area contributed by atoms with Crippen LogP contribution in [-0.4, -0.2) is 44.4 Å². The predicted octanol–water partition coefficient (Wildman–Crippen LogP) is 1.76. The lowest BCUT2D eigenvalue weighted by Gasteiger charge is -2.07. The number of pyridine rings is 1. The number of hydrogen-bond donors (Lipinski definition) is 2. The summed E-state index contributed by atoms with van der Waals surface area (Å²) in [7, 11) is 0. The van der Waals surface area contributed by atoms with Crippen LogP contribution in [0.5, 0.6) is 11.6 Å². The van der Waals surface area contributed by atoms with Crippen LogP contribution < -0.4 is 10.1 Å². The van der Waals surface area contributed by atoms with Gasteiger partial charge in [-0.2, -0.15) is 0 Å². The molecular formula is C17H12N4O7. The van der Waals surface area contributed by atoms with E-state index in [1.807, 2.05) is 0 Å². The number of aromatic nitrogens is 1. The van der Waals surface area contributed by atoms with Gasteiger partial charge in [0.25, 0.3) is 11.6 Å². The van der Waals surface area contributed by atoms with Gasteiger partial charge in [0.1, 0.15) is 24.2 Å². The van der Waals surface area contributed by atoms with E-state index in [9.17, 15) is 24.5 Å². The van der Waals surface area contributed by atoms with Crippen molar-refractivity contribution < 1.29 is 29.2 Å². The summed E-state index contributed by atoms with van der Waals surface area (Å²) in [4.78, 5) is 48.9. The number of nitro groups is 1. The van der Waals surface area contributed by atoms with Crippen molar-refractivity contribution in [1.82, 2.24) is 15.2 Å². The maximum Gasteiger partial charge on any atom is 0.329 e. The van der Waals surface area contributed by atoms with Gasteiger partial charge in [-0.3, -0.25) is 19.7 Å². The Morgan fingerprint density at radius 1 is 1.25 bits per heavy atom. The number of benzene rings is 1. The zero-order valence-corrected chi connectivity index (χ0v) is 14.1. The zero-order chi connectivity index (χ0) is 20.3. The fourth-order valence-electron chi connectivity index (χ4n) is 2.31. The van der Waals surface area contributed by atoms with Gasteiger partial charge in [-0.1, -0.05) is 12.1 Å². The Bertz CT molecular complexity index is 984. The molecule has 0 spiro atoms. The molecular weight excluding hydrogens is 372 g/mol. The van der Waals surface area contributed by atoms with E-state index in [-0.39, 0.29) is 17.3 Å². The van der Waals surface area contributed by atoms with Gasteiger partial charge in [0.2, 0.25) is 5.88 Å². The summed E-state index contributed by atoms with van der Waals surface area (Å²) in [5.41, 5.74) is 0.358. The molecule has 1 fully saturated rings. The van der Waals surface area contributed by atoms with Gasteiger partial charge in [-0.15, -0.1) is 0 Å². The highest BCUT2D eigenvalue weighted by atomic mass is 16.6. The molecule has 1 saturated heterocycles. The Morgan fingerprint density at radius 2 is 1.96 bits per heavy atom. The SMILES string of the molecule is O=C(O)CN1C(=O)N/C(=C/c2ccc(Oc3ccc([N+](=O)[O-])cn3)cc2)C1=O. The van der Waals surface area contributed by atoms with E-state index in [2.05, 4.69) is 10.3 Å². The van der Waals surface area contributed by atoms with Gasteiger partial charge >= 0.3 is 12.0 Å². The fourth-order valence-corrected chi connectivity index (χ4v) is 2.31. The molecule has 0 aliphatic carbocycles. The van der Waals surface area contributed by atoms with Crippen molar-refractivity contribution in [3.8, 4) is 11.6 Å². The van der Waals surface area contributed by atoms with Crippen LogP contribution in [0.25, 0.3) is 6.08 Å². The first-order chi connectivity index (χ1) is 13.3. The van der Waals surface area contributed by atoms with E-state index in [0.717, 1.165) is 6.20 Å². The third-order valence-electron chi connectivity index (χ3n) is 3.60. The van der Waals surface area contributed by atoms with Gasteiger partial charge < -0.3 is 15.2 Å². The van der Waals surface area contributed by atoms with Gasteiger partial charge in [0.05, 0.1) is 4.92 Å². The Morgan fingerprint density at radius 3 is 2.54 bits per heavy atom. The molecule has 2 heterocycles. The quantitative estimate of drug-likeness (QED) is 0.331. The van der Waals surface area contributed by atoms with E-state index in [4.69, 9.17) is 9.84 Å². The second kappa shape index (κ2) is 7.53. The van der Waals surface area contributed by atoms with Gasteiger partial charge in [-0.05, 0) is 23.8 Å². The Balaban J connectivity index is 1.70. The highest BCUT2D eigenvalue weighted by molar-refractivity contribution is 6.15. The van der Waals surface area contributed by atoms with Crippen molar-refractivity contribution in [2.24, 2.45) is 0 Å². The molecule has 142 valence electrons. The molecule has 1 aromatic heterocycles. The van der Waals surface area contributed by atoms with Crippen molar-refractivity contribution in [3.63, 3.8) is 0 Å². The molecule has 0 atom stereocenters. The molecule has 1 aliphatic heterocycles. The molecule has 28 heavy (non-hydrogen) atoms.